The van der Waals surface area contributed by atoms with Crippen molar-refractivity contribution in [3.8, 4) is 0 Å². The number of alkyl halides is 12. The number of nitrogens with zero attached hydrogens (tertiary/aromatic N) is 1. The summed E-state index contributed by atoms with van der Waals surface area (Å²) in [6.45, 7) is 0. The van der Waals surface area contributed by atoms with Crippen molar-refractivity contribution < 1.29 is 61.8 Å². The van der Waals surface area contributed by atoms with Crippen molar-refractivity contribution in [2.24, 2.45) is 0 Å². The third-order valence-electron chi connectivity index (χ3n) is 1.95. The molecule has 0 aromatic heterocycles. The minimum absolute atomic E-state index is 3.18. The molecule has 0 aromatic carbocycles. The third kappa shape index (κ3) is 3.01. The molecule has 0 N–H and O–H groups in total. The van der Waals surface area contributed by atoms with Crippen LogP contribution in [0.15, 0.2) is 0 Å². The van der Waals surface area contributed by atoms with Crippen LogP contribution in [0.4, 0.5) is 52.7 Å². The highest BCUT2D eigenvalue weighted by atomic mass is 31.2. The molecule has 0 heterocycles. The topological polar surface area (TPSA) is 37.4 Å². The van der Waals surface area contributed by atoms with Crippen LogP contribution in [0.1, 0.15) is 0 Å². The lowest BCUT2D eigenvalue weighted by molar-refractivity contribution is -0.107. The molecule has 0 saturated heterocycles. The molecule has 0 aromatic rings. The zero-order valence-corrected chi connectivity index (χ0v) is 11.1. The Morgan fingerprint density at radius 2 is 0.682 bits per heavy atom. The molecule has 130 valence electrons. The number of rotatable bonds is 2. The molecule has 3 nitrogen and oxygen atoms in total. The zero-order valence-electron chi connectivity index (χ0n) is 9.27. The van der Waals surface area contributed by atoms with Gasteiger partial charge >= 0.3 is 38.3 Å². The van der Waals surface area contributed by atoms with Gasteiger partial charge < -0.3 is 0 Å². The van der Waals surface area contributed by atoms with Gasteiger partial charge in [-0.3, -0.25) is 9.13 Å². The van der Waals surface area contributed by atoms with Gasteiger partial charge in [0.15, 0.2) is 0 Å². The molecule has 0 aliphatic heterocycles. The van der Waals surface area contributed by atoms with Crippen LogP contribution in [0.2, 0.25) is 0 Å². The fraction of sp³-hybridized carbons (Fsp3) is 1.00. The lowest BCUT2D eigenvalue weighted by Gasteiger charge is -2.37. The summed E-state index contributed by atoms with van der Waals surface area (Å²) in [5.41, 5.74) is 0. The van der Waals surface area contributed by atoms with Crippen molar-refractivity contribution in [1.82, 2.24) is 4.35 Å². The maximum atomic E-state index is 12.2. The van der Waals surface area contributed by atoms with Gasteiger partial charge in [0.1, 0.15) is 0 Å². The van der Waals surface area contributed by atoms with E-state index in [1.165, 1.54) is 0 Å². The Hall–Kier alpha value is -0.355. The van der Waals surface area contributed by atoms with E-state index >= 15 is 0 Å². The van der Waals surface area contributed by atoms with Crippen LogP contribution in [-0.4, -0.2) is 36.0 Å². The lowest BCUT2D eigenvalue weighted by Crippen LogP contribution is -2.40. The van der Waals surface area contributed by atoms with Crippen LogP contribution in [0.3, 0.4) is 0 Å². The normalized spacial score (nSPS) is 16.2. The van der Waals surface area contributed by atoms with Crippen molar-refractivity contribution in [1.29, 1.82) is 0 Å². The van der Waals surface area contributed by atoms with Crippen LogP contribution in [0.5, 0.6) is 0 Å². The summed E-state index contributed by atoms with van der Waals surface area (Å²) in [6, 6.07) is 0. The van der Waals surface area contributed by atoms with Gasteiger partial charge in [-0.1, -0.05) is 0 Å². The summed E-state index contributed by atoms with van der Waals surface area (Å²) >= 11 is 0. The summed E-state index contributed by atoms with van der Waals surface area (Å²) in [5.74, 6) is -28.8. The van der Waals surface area contributed by atoms with Gasteiger partial charge in [-0.25, -0.2) is 4.35 Å². The van der Waals surface area contributed by atoms with Crippen molar-refractivity contribution in [2.75, 3.05) is 0 Å². The van der Waals surface area contributed by atoms with E-state index in [9.17, 15) is 61.8 Å². The van der Waals surface area contributed by atoms with Gasteiger partial charge in [-0.15, -0.1) is 0 Å². The molecule has 0 rings (SSSR count). The van der Waals surface area contributed by atoms with E-state index in [4.69, 9.17) is 0 Å². The van der Waals surface area contributed by atoms with Gasteiger partial charge in [0, 0.05) is 0 Å². The molecule has 0 unspecified atom stereocenters. The van der Waals surface area contributed by atoms with Crippen molar-refractivity contribution in [2.45, 2.75) is 23.7 Å². The van der Waals surface area contributed by atoms with Crippen LogP contribution >= 0.6 is 14.6 Å². The van der Waals surface area contributed by atoms with E-state index in [2.05, 4.69) is 7.98 Å². The molecule has 18 heteroatoms. The summed E-state index contributed by atoms with van der Waals surface area (Å²) in [4.78, 5) is 0. The second kappa shape index (κ2) is 5.33. The predicted molar refractivity (Wildman–Crippen MR) is 47.0 cm³/mol. The summed E-state index contributed by atoms with van der Waals surface area (Å²) in [7, 11) is -13.6. The van der Waals surface area contributed by atoms with E-state index in [1.807, 2.05) is 0 Å². The lowest BCUT2D eigenvalue weighted by atomic mass is 10.5. The Bertz CT molecular complexity index is 433. The maximum Gasteiger partial charge on any atom is 0.462 e. The quantitative estimate of drug-likeness (QED) is 0.375. The van der Waals surface area contributed by atoms with Gasteiger partial charge in [0.25, 0.3) is 0 Å². The smallest absolute Gasteiger partial charge is 0.288 e. The second-order valence-corrected chi connectivity index (χ2v) is 8.85. The van der Waals surface area contributed by atoms with Gasteiger partial charge in [-0.2, -0.15) is 52.7 Å². The first-order chi connectivity index (χ1) is 9.15. The average Bonchev–Trinajstić information content (AvgIpc) is 2.19. The highest BCUT2D eigenvalue weighted by molar-refractivity contribution is 7.79. The average molecular weight is 395 g/mol. The molecule has 0 aliphatic rings. The molecule has 0 saturated carbocycles. The third-order valence-corrected chi connectivity index (χ3v) is 7.37. The van der Waals surface area contributed by atoms with E-state index in [0.29, 0.717) is 0 Å². The molecular formula is C4BF12NO2P2. The Morgan fingerprint density at radius 3 is 0.773 bits per heavy atom. The molecule has 2 radical (unpaired) electrons. The largest absolute Gasteiger partial charge is 0.462 e. The van der Waals surface area contributed by atoms with E-state index in [1.54, 1.807) is 0 Å². The summed E-state index contributed by atoms with van der Waals surface area (Å²) in [5, 5.41) is 0. The summed E-state index contributed by atoms with van der Waals surface area (Å²) < 4.78 is 165. The van der Waals surface area contributed by atoms with Gasteiger partial charge in [0.2, 0.25) is 7.98 Å². The fourth-order valence-corrected chi connectivity index (χ4v) is 5.07. The number of halogens is 12. The molecule has 0 amide bonds. The Labute approximate surface area is 113 Å². The molecule has 0 aliphatic carbocycles. The van der Waals surface area contributed by atoms with Gasteiger partial charge in [-0.05, 0) is 0 Å². The van der Waals surface area contributed by atoms with Crippen LogP contribution in [0, 0.1) is 0 Å². The molecule has 0 fully saturated rings. The maximum absolute atomic E-state index is 12.2. The standard InChI is InChI=1S/C4BF12NO2P2/c5-18(21(19,1(6,7)8)2(9,10)11)22(20,3(12,13)14)4(15,16)17. The van der Waals surface area contributed by atoms with Crippen LogP contribution < -0.4 is 0 Å². The van der Waals surface area contributed by atoms with E-state index < -0.39 is 42.6 Å². The van der Waals surface area contributed by atoms with Crippen molar-refractivity contribution in [3.63, 3.8) is 0 Å². The Morgan fingerprint density at radius 1 is 0.545 bits per heavy atom. The second-order valence-electron chi connectivity index (χ2n) is 3.34. The molecule has 0 atom stereocenters. The molecule has 0 spiro atoms. The molecule has 0 bridgehead atoms. The van der Waals surface area contributed by atoms with Gasteiger partial charge in [0.05, 0.1) is 0 Å². The summed E-state index contributed by atoms with van der Waals surface area (Å²) in [6.07, 6.45) is 0. The SMILES string of the molecule is [B]N(P(=O)(C(F)(F)F)C(F)(F)F)P(=O)(C(F)(F)F)C(F)(F)F. The molecular weight excluding hydrogens is 395 g/mol. The van der Waals surface area contributed by atoms with E-state index in [0.717, 1.165) is 0 Å². The number of hydrogen-bond donors (Lipinski definition) is 0. The van der Waals surface area contributed by atoms with Crippen LogP contribution in [-0.2, 0) is 9.13 Å². The first kappa shape index (κ1) is 21.6. The number of hydrogen-bond acceptors (Lipinski definition) is 2. The Balaban J connectivity index is 6.70. The highest BCUT2D eigenvalue weighted by Crippen LogP contribution is 2.85. The minimum Gasteiger partial charge on any atom is -0.288 e. The van der Waals surface area contributed by atoms with E-state index in [-0.39, 0.29) is 0 Å². The van der Waals surface area contributed by atoms with Crippen LogP contribution in [0.25, 0.3) is 0 Å². The Kier molecular flexibility index (Phi) is 5.25. The minimum atomic E-state index is -8.58. The highest BCUT2D eigenvalue weighted by Gasteiger charge is 2.80. The fourth-order valence-electron chi connectivity index (χ4n) is 0.930. The zero-order chi connectivity index (χ0) is 18.6. The molecule has 22 heavy (non-hydrogen) atoms. The van der Waals surface area contributed by atoms with Crippen molar-refractivity contribution >= 4 is 22.6 Å². The first-order valence-electron chi connectivity index (χ1n) is 4.19. The van der Waals surface area contributed by atoms with Crippen molar-refractivity contribution in [3.05, 3.63) is 0 Å². The monoisotopic (exact) mass is 395 g/mol. The predicted octanol–water partition coefficient (Wildman–Crippen LogP) is 5.01. The first-order valence-corrected chi connectivity index (χ1v) is 7.50.